The summed E-state index contributed by atoms with van der Waals surface area (Å²) in [5, 5.41) is 6.07. The lowest BCUT2D eigenvalue weighted by atomic mass is 10.2. The highest BCUT2D eigenvalue weighted by Gasteiger charge is 2.14. The summed E-state index contributed by atoms with van der Waals surface area (Å²) in [6.07, 6.45) is 4.35. The van der Waals surface area contributed by atoms with Crippen LogP contribution in [-0.4, -0.2) is 25.0 Å². The van der Waals surface area contributed by atoms with E-state index in [1.165, 1.54) is 0 Å². The van der Waals surface area contributed by atoms with Crippen molar-refractivity contribution in [3.63, 3.8) is 0 Å². The van der Waals surface area contributed by atoms with Crippen LogP contribution in [0.2, 0.25) is 0 Å². The lowest BCUT2D eigenvalue weighted by Gasteiger charge is -2.07. The molecule has 2 N–H and O–H groups in total. The minimum atomic E-state index is 0.0150. The maximum absolute atomic E-state index is 11.0. The average Bonchev–Trinajstić information content (AvgIpc) is 2.40. The minimum absolute atomic E-state index is 0.0150. The second-order valence-electron chi connectivity index (χ2n) is 2.70. The Hall–Kier alpha value is -0.830. The topological polar surface area (TPSA) is 41.1 Å². The largest absolute Gasteiger partial charge is 0.349 e. The summed E-state index contributed by atoms with van der Waals surface area (Å²) in [6, 6.07) is 0.332. The van der Waals surface area contributed by atoms with Crippen molar-refractivity contribution in [2.45, 2.75) is 19.4 Å². The van der Waals surface area contributed by atoms with E-state index in [1.807, 2.05) is 6.92 Å². The van der Waals surface area contributed by atoms with Gasteiger partial charge in [0.1, 0.15) is 0 Å². The van der Waals surface area contributed by atoms with Crippen molar-refractivity contribution in [1.82, 2.24) is 10.6 Å². The molecule has 3 heteroatoms. The molecule has 1 unspecified atom stereocenters. The molecule has 0 spiro atoms. The van der Waals surface area contributed by atoms with E-state index < -0.39 is 0 Å². The van der Waals surface area contributed by atoms with Gasteiger partial charge in [0.2, 0.25) is 5.91 Å². The van der Waals surface area contributed by atoms with Crippen LogP contribution in [-0.2, 0) is 4.79 Å². The van der Waals surface area contributed by atoms with Gasteiger partial charge in [-0.15, -0.1) is 0 Å². The number of hydrogen-bond donors (Lipinski definition) is 2. The standard InChI is InChI=1S/C8H14N2O/c1-2-3-8(11)10-7-4-5-9-6-7/h2-3,7,9H,4-6H2,1H3,(H,10,11). The number of amides is 1. The Morgan fingerprint density at radius 1 is 1.73 bits per heavy atom. The predicted octanol–water partition coefficient (Wildman–Crippen LogP) is 0.0406. The van der Waals surface area contributed by atoms with E-state index in [2.05, 4.69) is 10.6 Å². The number of allylic oxidation sites excluding steroid dienone is 1. The van der Waals surface area contributed by atoms with E-state index in [0.29, 0.717) is 6.04 Å². The van der Waals surface area contributed by atoms with Gasteiger partial charge in [0.05, 0.1) is 0 Å². The molecule has 3 nitrogen and oxygen atoms in total. The normalized spacial score (nSPS) is 24.3. The molecule has 1 aliphatic heterocycles. The fraction of sp³-hybridized carbons (Fsp3) is 0.625. The molecule has 0 aromatic carbocycles. The highest BCUT2D eigenvalue weighted by Crippen LogP contribution is 1.96. The van der Waals surface area contributed by atoms with Crippen molar-refractivity contribution in [3.8, 4) is 0 Å². The Bertz CT molecular complexity index is 159. The first-order valence-corrected chi connectivity index (χ1v) is 3.97. The third-order valence-corrected chi connectivity index (χ3v) is 1.72. The van der Waals surface area contributed by atoms with Crippen molar-refractivity contribution in [1.29, 1.82) is 0 Å². The van der Waals surface area contributed by atoms with Gasteiger partial charge in [0, 0.05) is 12.6 Å². The minimum Gasteiger partial charge on any atom is -0.349 e. The summed E-state index contributed by atoms with van der Waals surface area (Å²) in [5.41, 5.74) is 0. The van der Waals surface area contributed by atoms with E-state index >= 15 is 0 Å². The maximum Gasteiger partial charge on any atom is 0.243 e. The Labute approximate surface area is 66.9 Å². The number of hydrogen-bond acceptors (Lipinski definition) is 2. The first kappa shape index (κ1) is 8.27. The summed E-state index contributed by atoms with van der Waals surface area (Å²) < 4.78 is 0. The molecule has 11 heavy (non-hydrogen) atoms. The summed E-state index contributed by atoms with van der Waals surface area (Å²) >= 11 is 0. The van der Waals surface area contributed by atoms with Gasteiger partial charge < -0.3 is 10.6 Å². The van der Waals surface area contributed by atoms with Gasteiger partial charge in [-0.1, -0.05) is 6.08 Å². The number of carbonyl (C=O) groups excluding carboxylic acids is 1. The van der Waals surface area contributed by atoms with Crippen LogP contribution >= 0.6 is 0 Å². The monoisotopic (exact) mass is 154 g/mol. The van der Waals surface area contributed by atoms with Crippen molar-refractivity contribution in [3.05, 3.63) is 12.2 Å². The van der Waals surface area contributed by atoms with E-state index in [9.17, 15) is 4.79 Å². The summed E-state index contributed by atoms with van der Waals surface area (Å²) in [5.74, 6) is 0.0150. The molecular formula is C8H14N2O. The second-order valence-corrected chi connectivity index (χ2v) is 2.70. The maximum atomic E-state index is 11.0. The smallest absolute Gasteiger partial charge is 0.243 e. The molecule has 62 valence electrons. The zero-order valence-corrected chi connectivity index (χ0v) is 6.76. The predicted molar refractivity (Wildman–Crippen MR) is 44.2 cm³/mol. The van der Waals surface area contributed by atoms with Gasteiger partial charge in [0.15, 0.2) is 0 Å². The van der Waals surface area contributed by atoms with Crippen molar-refractivity contribution in [2.24, 2.45) is 0 Å². The van der Waals surface area contributed by atoms with Gasteiger partial charge in [-0.05, 0) is 26.0 Å². The molecular weight excluding hydrogens is 140 g/mol. The molecule has 1 fully saturated rings. The zero-order valence-electron chi connectivity index (χ0n) is 6.76. The fourth-order valence-corrected chi connectivity index (χ4v) is 1.18. The molecule has 0 saturated carbocycles. The van der Waals surface area contributed by atoms with Gasteiger partial charge in [-0.2, -0.15) is 0 Å². The van der Waals surface area contributed by atoms with E-state index in [0.717, 1.165) is 19.5 Å². The van der Waals surface area contributed by atoms with Crippen LogP contribution in [0.4, 0.5) is 0 Å². The fourth-order valence-electron chi connectivity index (χ4n) is 1.18. The van der Waals surface area contributed by atoms with Crippen LogP contribution in [0.5, 0.6) is 0 Å². The lowest BCUT2D eigenvalue weighted by molar-refractivity contribution is -0.117. The third kappa shape index (κ3) is 2.72. The van der Waals surface area contributed by atoms with Crippen LogP contribution in [0.25, 0.3) is 0 Å². The molecule has 0 aromatic heterocycles. The molecule has 0 radical (unpaired) electrons. The molecule has 0 aliphatic carbocycles. The van der Waals surface area contributed by atoms with Crippen LogP contribution in [0.3, 0.4) is 0 Å². The van der Waals surface area contributed by atoms with Crippen molar-refractivity contribution in [2.75, 3.05) is 13.1 Å². The van der Waals surface area contributed by atoms with Gasteiger partial charge in [0.25, 0.3) is 0 Å². The van der Waals surface area contributed by atoms with Gasteiger partial charge in [-0.3, -0.25) is 4.79 Å². The molecule has 0 aromatic rings. The lowest BCUT2D eigenvalue weighted by Crippen LogP contribution is -2.34. The average molecular weight is 154 g/mol. The Kier molecular flexibility index (Phi) is 3.11. The quantitative estimate of drug-likeness (QED) is 0.551. The van der Waals surface area contributed by atoms with Crippen LogP contribution in [0, 0.1) is 0 Å². The van der Waals surface area contributed by atoms with Crippen LogP contribution in [0.15, 0.2) is 12.2 Å². The van der Waals surface area contributed by atoms with Crippen molar-refractivity contribution >= 4 is 5.91 Å². The molecule has 1 aliphatic rings. The summed E-state index contributed by atoms with van der Waals surface area (Å²) in [7, 11) is 0. The third-order valence-electron chi connectivity index (χ3n) is 1.72. The van der Waals surface area contributed by atoms with E-state index in [4.69, 9.17) is 0 Å². The number of rotatable bonds is 2. The van der Waals surface area contributed by atoms with Gasteiger partial charge in [-0.25, -0.2) is 0 Å². The van der Waals surface area contributed by atoms with Gasteiger partial charge >= 0.3 is 0 Å². The highest BCUT2D eigenvalue weighted by molar-refractivity contribution is 5.87. The molecule has 1 saturated heterocycles. The molecule has 1 atom stereocenters. The van der Waals surface area contributed by atoms with E-state index in [1.54, 1.807) is 12.2 Å². The second kappa shape index (κ2) is 4.13. The zero-order chi connectivity index (χ0) is 8.10. The highest BCUT2D eigenvalue weighted by atomic mass is 16.1. The first-order chi connectivity index (χ1) is 5.33. The molecule has 0 bridgehead atoms. The molecule has 1 amide bonds. The Morgan fingerprint density at radius 2 is 2.55 bits per heavy atom. The number of carbonyl (C=O) groups is 1. The number of nitrogens with one attached hydrogen (secondary N) is 2. The van der Waals surface area contributed by atoms with Crippen molar-refractivity contribution < 1.29 is 4.79 Å². The summed E-state index contributed by atoms with van der Waals surface area (Å²) in [6.45, 7) is 3.76. The van der Waals surface area contributed by atoms with E-state index in [-0.39, 0.29) is 5.91 Å². The molecule has 1 heterocycles. The van der Waals surface area contributed by atoms with Crippen LogP contribution < -0.4 is 10.6 Å². The summed E-state index contributed by atoms with van der Waals surface area (Å²) in [4.78, 5) is 11.0. The SMILES string of the molecule is CC=CC(=O)NC1CCNC1. The Morgan fingerprint density at radius 3 is 3.09 bits per heavy atom. The molecule has 1 rings (SSSR count). The Balaban J connectivity index is 2.23. The first-order valence-electron chi connectivity index (χ1n) is 3.97. The van der Waals surface area contributed by atoms with Crippen LogP contribution in [0.1, 0.15) is 13.3 Å².